The van der Waals surface area contributed by atoms with Gasteiger partial charge in [0.1, 0.15) is 6.07 Å². The summed E-state index contributed by atoms with van der Waals surface area (Å²) in [5.41, 5.74) is 0.401. The van der Waals surface area contributed by atoms with Crippen LogP contribution in [0.3, 0.4) is 0 Å². The molecule has 1 N–H and O–H groups in total. The molecule has 2 aliphatic rings. The number of carbonyl (C=O) groups is 1. The highest BCUT2D eigenvalue weighted by atomic mass is 16.2. The number of aromatic nitrogens is 2. The van der Waals surface area contributed by atoms with Crippen molar-refractivity contribution in [1.82, 2.24) is 20.0 Å². The van der Waals surface area contributed by atoms with Crippen LogP contribution in [0.25, 0.3) is 0 Å². The first-order valence-corrected chi connectivity index (χ1v) is 6.22. The standard InChI is InChI=1S/C12H15N5O/c13-4-10-5-14-17(7-10)12(18)15-11-3-9-1-2-16(6-9)8-11/h5,7,9,11H,1-3,6,8H2,(H,15,18)/t9-,11-/m1/s1. The monoisotopic (exact) mass is 245 g/mol. The third kappa shape index (κ3) is 2.09. The Morgan fingerprint density at radius 2 is 2.44 bits per heavy atom. The molecule has 1 amide bonds. The number of carbonyl (C=O) groups excluding carboxylic acids is 1. The van der Waals surface area contributed by atoms with E-state index in [9.17, 15) is 4.79 Å². The van der Waals surface area contributed by atoms with Crippen molar-refractivity contribution >= 4 is 6.03 Å². The largest absolute Gasteiger partial charge is 0.342 e. The van der Waals surface area contributed by atoms with E-state index in [1.165, 1.54) is 30.0 Å². The van der Waals surface area contributed by atoms with E-state index in [4.69, 9.17) is 5.26 Å². The van der Waals surface area contributed by atoms with Gasteiger partial charge in [0.15, 0.2) is 0 Å². The summed E-state index contributed by atoms with van der Waals surface area (Å²) in [7, 11) is 0. The van der Waals surface area contributed by atoms with Gasteiger partial charge in [0.05, 0.1) is 18.0 Å². The molecule has 2 saturated heterocycles. The third-order valence-electron chi connectivity index (χ3n) is 3.71. The maximum Gasteiger partial charge on any atom is 0.342 e. The van der Waals surface area contributed by atoms with Crippen LogP contribution in [0, 0.1) is 17.2 Å². The molecule has 0 spiro atoms. The molecular formula is C12H15N5O. The number of hydrogen-bond donors (Lipinski definition) is 1. The van der Waals surface area contributed by atoms with Crippen LogP contribution in [-0.2, 0) is 0 Å². The van der Waals surface area contributed by atoms with Crippen molar-refractivity contribution in [3.8, 4) is 6.07 Å². The minimum absolute atomic E-state index is 0.202. The van der Waals surface area contributed by atoms with Gasteiger partial charge < -0.3 is 10.2 Å². The Labute approximate surface area is 105 Å². The number of nitriles is 1. The van der Waals surface area contributed by atoms with E-state index >= 15 is 0 Å². The predicted molar refractivity (Wildman–Crippen MR) is 63.8 cm³/mol. The van der Waals surface area contributed by atoms with Crippen molar-refractivity contribution in [2.24, 2.45) is 5.92 Å². The second-order valence-corrected chi connectivity index (χ2v) is 5.08. The Morgan fingerprint density at radius 3 is 3.17 bits per heavy atom. The van der Waals surface area contributed by atoms with E-state index in [-0.39, 0.29) is 12.1 Å². The van der Waals surface area contributed by atoms with Gasteiger partial charge >= 0.3 is 6.03 Å². The summed E-state index contributed by atoms with van der Waals surface area (Å²) in [5.74, 6) is 0.719. The molecule has 1 aromatic heterocycles. The fraction of sp³-hybridized carbons (Fsp3) is 0.583. The molecule has 0 radical (unpaired) electrons. The van der Waals surface area contributed by atoms with E-state index < -0.39 is 0 Å². The van der Waals surface area contributed by atoms with Crippen LogP contribution in [0.5, 0.6) is 0 Å². The fourth-order valence-electron chi connectivity index (χ4n) is 2.90. The van der Waals surface area contributed by atoms with E-state index in [0.29, 0.717) is 5.56 Å². The molecule has 2 fully saturated rings. The van der Waals surface area contributed by atoms with Gasteiger partial charge in [-0.25, -0.2) is 4.79 Å². The van der Waals surface area contributed by atoms with Gasteiger partial charge in [-0.05, 0) is 25.3 Å². The quantitative estimate of drug-likeness (QED) is 0.777. The summed E-state index contributed by atoms with van der Waals surface area (Å²) in [6.45, 7) is 3.25. The van der Waals surface area contributed by atoms with Gasteiger partial charge in [0, 0.05) is 19.1 Å². The lowest BCUT2D eigenvalue weighted by molar-refractivity contribution is 0.204. The normalized spacial score (nSPS) is 29.8. The molecule has 6 heteroatoms. The first-order valence-electron chi connectivity index (χ1n) is 6.22. The molecule has 2 bridgehead atoms. The lowest BCUT2D eigenvalue weighted by Crippen LogP contribution is -2.48. The Kier molecular flexibility index (Phi) is 2.76. The van der Waals surface area contributed by atoms with Gasteiger partial charge in [-0.3, -0.25) is 0 Å². The second kappa shape index (κ2) is 4.42. The molecule has 94 valence electrons. The summed E-state index contributed by atoms with van der Waals surface area (Å²) >= 11 is 0. The molecule has 18 heavy (non-hydrogen) atoms. The van der Waals surface area contributed by atoms with Gasteiger partial charge in [0.25, 0.3) is 0 Å². The third-order valence-corrected chi connectivity index (χ3v) is 3.71. The van der Waals surface area contributed by atoms with Crippen LogP contribution in [0.1, 0.15) is 18.4 Å². The molecule has 3 heterocycles. The maximum atomic E-state index is 11.9. The highest BCUT2D eigenvalue weighted by Crippen LogP contribution is 2.26. The molecule has 6 nitrogen and oxygen atoms in total. The average Bonchev–Trinajstić information content (AvgIpc) is 2.96. The van der Waals surface area contributed by atoms with Crippen molar-refractivity contribution in [2.45, 2.75) is 18.9 Å². The second-order valence-electron chi connectivity index (χ2n) is 5.08. The first-order chi connectivity index (χ1) is 8.74. The molecule has 2 aliphatic heterocycles. The Hall–Kier alpha value is -1.87. The Bertz CT molecular complexity index is 491. The number of piperidine rings is 1. The molecule has 3 atom stereocenters. The average molecular weight is 245 g/mol. The predicted octanol–water partition coefficient (Wildman–Crippen LogP) is 0.407. The zero-order valence-electron chi connectivity index (χ0n) is 10.0. The molecule has 0 saturated carbocycles. The van der Waals surface area contributed by atoms with E-state index in [2.05, 4.69) is 15.3 Å². The molecule has 1 aromatic rings. The van der Waals surface area contributed by atoms with Crippen molar-refractivity contribution in [2.75, 3.05) is 19.6 Å². The van der Waals surface area contributed by atoms with Gasteiger partial charge in [-0.2, -0.15) is 15.0 Å². The fourth-order valence-corrected chi connectivity index (χ4v) is 2.90. The van der Waals surface area contributed by atoms with Crippen molar-refractivity contribution < 1.29 is 4.79 Å². The number of nitrogens with zero attached hydrogens (tertiary/aromatic N) is 4. The van der Waals surface area contributed by atoms with E-state index in [0.717, 1.165) is 25.4 Å². The Morgan fingerprint density at radius 1 is 1.56 bits per heavy atom. The summed E-state index contributed by atoms with van der Waals surface area (Å²) in [4.78, 5) is 14.3. The summed E-state index contributed by atoms with van der Waals surface area (Å²) in [5, 5.41) is 15.5. The van der Waals surface area contributed by atoms with Crippen LogP contribution in [0.2, 0.25) is 0 Å². The van der Waals surface area contributed by atoms with Crippen LogP contribution >= 0.6 is 0 Å². The van der Waals surface area contributed by atoms with Crippen LogP contribution in [0.15, 0.2) is 12.4 Å². The van der Waals surface area contributed by atoms with Crippen LogP contribution in [0.4, 0.5) is 4.79 Å². The van der Waals surface area contributed by atoms with Crippen LogP contribution < -0.4 is 5.32 Å². The topological polar surface area (TPSA) is 73.9 Å². The number of rotatable bonds is 1. The van der Waals surface area contributed by atoms with Gasteiger partial charge in [0.2, 0.25) is 0 Å². The van der Waals surface area contributed by atoms with Crippen LogP contribution in [-0.4, -0.2) is 46.4 Å². The molecular weight excluding hydrogens is 230 g/mol. The van der Waals surface area contributed by atoms with Gasteiger partial charge in [-0.15, -0.1) is 0 Å². The lowest BCUT2D eigenvalue weighted by atomic mass is 9.97. The number of fused-ring (bicyclic) bond motifs is 2. The molecule has 1 unspecified atom stereocenters. The summed E-state index contributed by atoms with van der Waals surface area (Å²) < 4.78 is 1.20. The van der Waals surface area contributed by atoms with Crippen molar-refractivity contribution in [3.05, 3.63) is 18.0 Å². The highest BCUT2D eigenvalue weighted by molar-refractivity contribution is 5.76. The number of amides is 1. The zero-order valence-corrected chi connectivity index (χ0v) is 10.0. The summed E-state index contributed by atoms with van der Waals surface area (Å²) in [6.07, 6.45) is 5.14. The number of nitrogens with one attached hydrogen (secondary N) is 1. The molecule has 3 rings (SSSR count). The molecule has 0 aliphatic carbocycles. The smallest absolute Gasteiger partial charge is 0.332 e. The first kappa shape index (κ1) is 11.2. The van der Waals surface area contributed by atoms with E-state index in [1.807, 2.05) is 6.07 Å². The minimum atomic E-state index is -0.246. The highest BCUT2D eigenvalue weighted by Gasteiger charge is 2.33. The minimum Gasteiger partial charge on any atom is -0.332 e. The van der Waals surface area contributed by atoms with Crippen molar-refractivity contribution in [1.29, 1.82) is 5.26 Å². The van der Waals surface area contributed by atoms with Gasteiger partial charge in [-0.1, -0.05) is 0 Å². The van der Waals surface area contributed by atoms with Crippen molar-refractivity contribution in [3.63, 3.8) is 0 Å². The van der Waals surface area contributed by atoms with E-state index in [1.54, 1.807) is 0 Å². The lowest BCUT2D eigenvalue weighted by Gasteiger charge is -2.30. The SMILES string of the molecule is N#Cc1cnn(C(=O)N[C@@H]2C[C@H]3CCN(C3)C2)c1. The zero-order chi connectivity index (χ0) is 12.5. The summed E-state index contributed by atoms with van der Waals surface area (Å²) in [6, 6.07) is 1.91. The number of hydrogen-bond acceptors (Lipinski definition) is 4. The molecule has 0 aromatic carbocycles. The Balaban J connectivity index is 1.62. The maximum absolute atomic E-state index is 11.9.